The van der Waals surface area contributed by atoms with E-state index in [-0.39, 0.29) is 16.7 Å². The molecule has 0 atom stereocenters. The van der Waals surface area contributed by atoms with Gasteiger partial charge in [-0.05, 0) is 43.7 Å². The molecule has 3 heterocycles. The van der Waals surface area contributed by atoms with Crippen molar-refractivity contribution in [3.8, 4) is 28.3 Å². The predicted octanol–water partition coefficient (Wildman–Crippen LogP) is 8.02. The quantitative estimate of drug-likeness (QED) is 0.200. The number of benzene rings is 2. The fourth-order valence-corrected chi connectivity index (χ4v) is 4.35. The van der Waals surface area contributed by atoms with Gasteiger partial charge in [0.25, 0.3) is 0 Å². The summed E-state index contributed by atoms with van der Waals surface area (Å²) in [7, 11) is 0. The second-order valence-electron chi connectivity index (χ2n) is 8.80. The maximum absolute atomic E-state index is 15.3. The third-order valence-corrected chi connectivity index (χ3v) is 6.07. The first kappa shape index (κ1) is 26.8. The van der Waals surface area contributed by atoms with Crippen LogP contribution in [0.3, 0.4) is 0 Å². The van der Waals surface area contributed by atoms with Gasteiger partial charge in [0, 0.05) is 48.3 Å². The smallest absolute Gasteiger partial charge is 0.406 e. The largest absolute Gasteiger partial charge is 0.573 e. The van der Waals surface area contributed by atoms with E-state index in [9.17, 15) is 17.6 Å². The Morgan fingerprint density at radius 2 is 1.73 bits per heavy atom. The van der Waals surface area contributed by atoms with Crippen LogP contribution in [0.5, 0.6) is 5.75 Å². The molecule has 40 heavy (non-hydrogen) atoms. The molecular weight excluding hydrogens is 529 g/mol. The summed E-state index contributed by atoms with van der Waals surface area (Å²) >= 11 is 0. The summed E-state index contributed by atoms with van der Waals surface area (Å²) in [5.74, 6) is -1.45. The molecule has 0 fully saturated rings. The molecule has 204 valence electrons. The molecule has 5 aromatic rings. The highest BCUT2D eigenvalue weighted by Crippen LogP contribution is 2.39. The molecule has 0 spiro atoms. The van der Waals surface area contributed by atoms with Crippen molar-refractivity contribution in [2.24, 2.45) is 0 Å². The first-order chi connectivity index (χ1) is 19.1. The van der Waals surface area contributed by atoms with Crippen molar-refractivity contribution in [3.63, 3.8) is 0 Å². The van der Waals surface area contributed by atoms with Gasteiger partial charge in [-0.25, -0.2) is 18.7 Å². The zero-order chi connectivity index (χ0) is 28.4. The van der Waals surface area contributed by atoms with Crippen LogP contribution < -0.4 is 15.4 Å². The number of halogens is 5. The van der Waals surface area contributed by atoms with E-state index in [0.29, 0.717) is 51.8 Å². The molecular formula is C29H22F5N5O. The summed E-state index contributed by atoms with van der Waals surface area (Å²) in [6.45, 7) is 4.22. The Kier molecular flexibility index (Phi) is 7.20. The molecule has 0 aliphatic rings. The molecule has 0 bridgehead atoms. The third-order valence-electron chi connectivity index (χ3n) is 6.07. The fourth-order valence-electron chi connectivity index (χ4n) is 4.35. The summed E-state index contributed by atoms with van der Waals surface area (Å²) in [5.41, 5.74) is 3.43. The minimum absolute atomic E-state index is 0.0697. The average molecular weight is 552 g/mol. The van der Waals surface area contributed by atoms with Gasteiger partial charge in [0.2, 0.25) is 0 Å². The van der Waals surface area contributed by atoms with Crippen LogP contribution in [0.15, 0.2) is 73.1 Å². The van der Waals surface area contributed by atoms with E-state index < -0.39 is 18.0 Å². The average Bonchev–Trinajstić information content (AvgIpc) is 2.90. The molecule has 2 aromatic carbocycles. The Morgan fingerprint density at radius 3 is 2.40 bits per heavy atom. The molecule has 0 saturated carbocycles. The lowest BCUT2D eigenvalue weighted by atomic mass is 10.0. The Hall–Kier alpha value is -4.80. The molecule has 0 unspecified atom stereocenters. The highest BCUT2D eigenvalue weighted by Gasteiger charge is 2.31. The Bertz CT molecular complexity index is 1680. The number of rotatable bonds is 7. The van der Waals surface area contributed by atoms with Crippen molar-refractivity contribution in [2.45, 2.75) is 20.2 Å². The van der Waals surface area contributed by atoms with Crippen LogP contribution >= 0.6 is 0 Å². The number of hydrogen-bond acceptors (Lipinski definition) is 6. The Balaban J connectivity index is 1.68. The number of nitrogens with one attached hydrogen (secondary N) is 2. The van der Waals surface area contributed by atoms with E-state index in [2.05, 4.69) is 30.3 Å². The normalized spacial score (nSPS) is 11.5. The van der Waals surface area contributed by atoms with Crippen LogP contribution in [0.2, 0.25) is 0 Å². The number of anilines is 3. The van der Waals surface area contributed by atoms with E-state index in [1.54, 1.807) is 43.6 Å². The van der Waals surface area contributed by atoms with E-state index in [1.165, 1.54) is 24.3 Å². The molecule has 11 heteroatoms. The van der Waals surface area contributed by atoms with Crippen molar-refractivity contribution in [2.75, 3.05) is 17.2 Å². The van der Waals surface area contributed by atoms with Gasteiger partial charge in [0.15, 0.2) is 0 Å². The molecule has 3 aromatic heterocycles. The minimum Gasteiger partial charge on any atom is -0.406 e. The van der Waals surface area contributed by atoms with E-state index in [4.69, 9.17) is 0 Å². The van der Waals surface area contributed by atoms with Crippen molar-refractivity contribution in [3.05, 3.63) is 90.3 Å². The molecule has 0 saturated heterocycles. The lowest BCUT2D eigenvalue weighted by Crippen LogP contribution is -2.16. The molecule has 5 rings (SSSR count). The SMILES string of the molecule is CCNc1cc(Nc2c(C)c(-c3ccccn3)nc3cc(F)cc(F)c23)c(-c2ccc(OC(F)(F)F)cc2)cn1. The van der Waals surface area contributed by atoms with Crippen LogP contribution in [0, 0.1) is 18.6 Å². The molecule has 0 radical (unpaired) electrons. The summed E-state index contributed by atoms with van der Waals surface area (Å²) < 4.78 is 71.4. The van der Waals surface area contributed by atoms with Crippen LogP contribution in [0.25, 0.3) is 33.4 Å². The van der Waals surface area contributed by atoms with Crippen LogP contribution in [0.1, 0.15) is 12.5 Å². The van der Waals surface area contributed by atoms with Gasteiger partial charge in [-0.15, -0.1) is 13.2 Å². The number of hydrogen-bond donors (Lipinski definition) is 2. The van der Waals surface area contributed by atoms with Crippen molar-refractivity contribution < 1.29 is 26.7 Å². The van der Waals surface area contributed by atoms with E-state index in [0.717, 1.165) is 12.1 Å². The summed E-state index contributed by atoms with van der Waals surface area (Å²) in [6.07, 6.45) is -1.68. The second kappa shape index (κ2) is 10.8. The molecule has 0 amide bonds. The molecule has 0 aliphatic heterocycles. The van der Waals surface area contributed by atoms with Crippen molar-refractivity contribution >= 4 is 28.1 Å². The highest BCUT2D eigenvalue weighted by atomic mass is 19.4. The van der Waals surface area contributed by atoms with E-state index >= 15 is 4.39 Å². The molecule has 0 aliphatic carbocycles. The summed E-state index contributed by atoms with van der Waals surface area (Å²) in [4.78, 5) is 13.3. The van der Waals surface area contributed by atoms with Gasteiger partial charge in [-0.2, -0.15) is 0 Å². The van der Waals surface area contributed by atoms with Crippen LogP contribution in [-0.2, 0) is 0 Å². The number of ether oxygens (including phenoxy) is 1. The lowest BCUT2D eigenvalue weighted by molar-refractivity contribution is -0.274. The van der Waals surface area contributed by atoms with Crippen molar-refractivity contribution in [1.82, 2.24) is 15.0 Å². The lowest BCUT2D eigenvalue weighted by Gasteiger charge is -2.19. The first-order valence-corrected chi connectivity index (χ1v) is 12.2. The molecule has 2 N–H and O–H groups in total. The molecule has 6 nitrogen and oxygen atoms in total. The standard InChI is InChI=1S/C29H22F5N5O/c1-3-35-25-14-23(20(15-37-25)17-7-9-19(10-8-17)40-29(32,33)34)38-28-16(2)27(22-6-4-5-11-36-22)39-24-13-18(30)12-21(31)26(24)28/h4-15H,3H2,1-2H3,(H2,35,37,38,39). The third kappa shape index (κ3) is 5.63. The topological polar surface area (TPSA) is 72.0 Å². The number of alkyl halides is 3. The number of pyridine rings is 3. The van der Waals surface area contributed by atoms with Gasteiger partial charge >= 0.3 is 6.36 Å². The zero-order valence-electron chi connectivity index (χ0n) is 21.3. The Morgan fingerprint density at radius 1 is 0.950 bits per heavy atom. The van der Waals surface area contributed by atoms with Crippen molar-refractivity contribution in [1.29, 1.82) is 0 Å². The first-order valence-electron chi connectivity index (χ1n) is 12.2. The monoisotopic (exact) mass is 551 g/mol. The zero-order valence-corrected chi connectivity index (χ0v) is 21.3. The van der Waals surface area contributed by atoms with Gasteiger partial charge in [-0.1, -0.05) is 18.2 Å². The summed E-state index contributed by atoms with van der Waals surface area (Å²) in [5, 5.41) is 6.47. The van der Waals surface area contributed by atoms with Gasteiger partial charge in [0.05, 0.1) is 33.7 Å². The van der Waals surface area contributed by atoms with Crippen LogP contribution in [-0.4, -0.2) is 27.9 Å². The van der Waals surface area contributed by atoms with Crippen LogP contribution in [0.4, 0.5) is 39.1 Å². The fraction of sp³-hybridized carbons (Fsp3) is 0.138. The van der Waals surface area contributed by atoms with Gasteiger partial charge < -0.3 is 15.4 Å². The second-order valence-corrected chi connectivity index (χ2v) is 8.80. The maximum atomic E-state index is 15.3. The number of nitrogens with zero attached hydrogens (tertiary/aromatic N) is 3. The number of aromatic nitrogens is 3. The maximum Gasteiger partial charge on any atom is 0.573 e. The van der Waals surface area contributed by atoms with Gasteiger partial charge in [0.1, 0.15) is 23.2 Å². The highest BCUT2D eigenvalue weighted by molar-refractivity contribution is 5.99. The van der Waals surface area contributed by atoms with E-state index in [1.807, 2.05) is 6.92 Å². The summed E-state index contributed by atoms with van der Waals surface area (Å²) in [6, 6.07) is 14.2. The Labute approximate surface area is 225 Å². The minimum atomic E-state index is -4.82. The predicted molar refractivity (Wildman–Crippen MR) is 143 cm³/mol. The van der Waals surface area contributed by atoms with Gasteiger partial charge in [-0.3, -0.25) is 4.98 Å². The number of fused-ring (bicyclic) bond motifs is 1.